The summed E-state index contributed by atoms with van der Waals surface area (Å²) in [5.41, 5.74) is 4.79. The van der Waals surface area contributed by atoms with Gasteiger partial charge in [-0.2, -0.15) is 0 Å². The summed E-state index contributed by atoms with van der Waals surface area (Å²) in [6.45, 7) is 4.32. The molecule has 2 aromatic heterocycles. The number of halogens is 1. The molecule has 3 N–H and O–H groups in total. The van der Waals surface area contributed by atoms with Gasteiger partial charge in [-0.25, -0.2) is 4.79 Å². The van der Waals surface area contributed by atoms with Crippen molar-refractivity contribution in [2.24, 2.45) is 0 Å². The monoisotopic (exact) mass is 370 g/mol. The van der Waals surface area contributed by atoms with Crippen molar-refractivity contribution in [2.45, 2.75) is 33.2 Å². The summed E-state index contributed by atoms with van der Waals surface area (Å²) in [5.74, 6) is -0.387. The van der Waals surface area contributed by atoms with Gasteiger partial charge in [-0.15, -0.1) is 11.3 Å². The van der Waals surface area contributed by atoms with Crippen LogP contribution in [0.15, 0.2) is 21.7 Å². The number of rotatable bonds is 6. The molecule has 2 rings (SSSR count). The van der Waals surface area contributed by atoms with E-state index in [-0.39, 0.29) is 24.0 Å². The summed E-state index contributed by atoms with van der Waals surface area (Å²) in [6, 6.07) is 3.21. The summed E-state index contributed by atoms with van der Waals surface area (Å²) in [7, 11) is 0. The van der Waals surface area contributed by atoms with Crippen LogP contribution in [-0.4, -0.2) is 22.0 Å². The molecule has 0 saturated heterocycles. The maximum Gasteiger partial charge on any atom is 0.330 e. The first-order valence-electron chi connectivity index (χ1n) is 7.60. The Morgan fingerprint density at radius 3 is 2.62 bits per heavy atom. The Kier molecular flexibility index (Phi) is 5.84. The lowest BCUT2D eigenvalue weighted by molar-refractivity contribution is 0.0992. The highest BCUT2D eigenvalue weighted by Crippen LogP contribution is 2.25. The molecule has 0 unspecified atom stereocenters. The smallest absolute Gasteiger partial charge is 0.330 e. The number of hydrogen-bond acceptors (Lipinski definition) is 5. The van der Waals surface area contributed by atoms with Crippen LogP contribution in [0.5, 0.6) is 0 Å². The molecule has 0 spiro atoms. The van der Waals surface area contributed by atoms with E-state index < -0.39 is 11.2 Å². The molecule has 2 heterocycles. The molecule has 0 aromatic carbocycles. The van der Waals surface area contributed by atoms with E-state index in [0.29, 0.717) is 15.8 Å². The molecule has 0 atom stereocenters. The van der Waals surface area contributed by atoms with Gasteiger partial charge < -0.3 is 10.6 Å². The van der Waals surface area contributed by atoms with Gasteiger partial charge >= 0.3 is 5.69 Å². The Morgan fingerprint density at radius 2 is 2.08 bits per heavy atom. The average molecular weight is 371 g/mol. The minimum atomic E-state index is -0.678. The zero-order chi connectivity index (χ0) is 17.9. The number of nitrogen functional groups attached to an aromatic ring is 1. The third-order valence-electron chi connectivity index (χ3n) is 3.56. The standard InChI is InChI=1S/C15H19ClN4O3S/c1-3-5-8-20-12(17)11(13(21)18-15(20)23)19(4-2)14(22)9-6-7-10(16)24-9/h6-7H,3-5,8,17H2,1-2H3,(H,18,21,23). The second-order valence-electron chi connectivity index (χ2n) is 5.15. The van der Waals surface area contributed by atoms with Gasteiger partial charge in [0.1, 0.15) is 5.82 Å². The molecule has 0 fully saturated rings. The highest BCUT2D eigenvalue weighted by Gasteiger charge is 2.24. The highest BCUT2D eigenvalue weighted by molar-refractivity contribution is 7.18. The van der Waals surface area contributed by atoms with Crippen molar-refractivity contribution < 1.29 is 4.79 Å². The summed E-state index contributed by atoms with van der Waals surface area (Å²) in [4.78, 5) is 40.8. The maximum absolute atomic E-state index is 12.7. The largest absolute Gasteiger partial charge is 0.383 e. The van der Waals surface area contributed by atoms with Crippen molar-refractivity contribution in [3.05, 3.63) is 42.2 Å². The molecule has 7 nitrogen and oxygen atoms in total. The number of aromatic nitrogens is 2. The molecule has 0 bridgehead atoms. The van der Waals surface area contributed by atoms with E-state index in [9.17, 15) is 14.4 Å². The Labute approximate surface area is 147 Å². The number of H-pyrrole nitrogens is 1. The first kappa shape index (κ1) is 18.3. The predicted molar refractivity (Wildman–Crippen MR) is 97.3 cm³/mol. The van der Waals surface area contributed by atoms with Crippen LogP contribution in [-0.2, 0) is 6.54 Å². The van der Waals surface area contributed by atoms with E-state index in [1.54, 1.807) is 19.1 Å². The molecule has 0 aliphatic carbocycles. The molecule has 2 aromatic rings. The summed E-state index contributed by atoms with van der Waals surface area (Å²) >= 11 is 6.99. The molecule has 9 heteroatoms. The van der Waals surface area contributed by atoms with Gasteiger partial charge in [0.25, 0.3) is 11.5 Å². The average Bonchev–Trinajstić information content (AvgIpc) is 2.97. The molecule has 0 saturated carbocycles. The number of nitrogens with two attached hydrogens (primary N) is 1. The Hall–Kier alpha value is -2.06. The number of nitrogens with one attached hydrogen (secondary N) is 1. The zero-order valence-electron chi connectivity index (χ0n) is 13.5. The zero-order valence-corrected chi connectivity index (χ0v) is 15.0. The van der Waals surface area contributed by atoms with Gasteiger partial charge in [0.05, 0.1) is 9.21 Å². The molecule has 0 radical (unpaired) electrons. The second kappa shape index (κ2) is 7.67. The predicted octanol–water partition coefficient (Wildman–Crippen LogP) is 2.30. The minimum Gasteiger partial charge on any atom is -0.383 e. The van der Waals surface area contributed by atoms with Crippen molar-refractivity contribution in [1.82, 2.24) is 9.55 Å². The molecular formula is C15H19ClN4O3S. The Bertz CT molecular complexity index is 855. The first-order chi connectivity index (χ1) is 11.4. The number of nitrogens with zero attached hydrogens (tertiary/aromatic N) is 2. The van der Waals surface area contributed by atoms with Crippen molar-refractivity contribution >= 4 is 40.4 Å². The number of unbranched alkanes of at least 4 members (excludes halogenated alkanes) is 1. The fourth-order valence-electron chi connectivity index (χ4n) is 2.34. The Morgan fingerprint density at radius 1 is 1.38 bits per heavy atom. The molecule has 0 aliphatic rings. The topological polar surface area (TPSA) is 101 Å². The van der Waals surface area contributed by atoms with Crippen LogP contribution >= 0.6 is 22.9 Å². The molecule has 0 aliphatic heterocycles. The van der Waals surface area contributed by atoms with Crippen LogP contribution in [0, 0.1) is 0 Å². The lowest BCUT2D eigenvalue weighted by Crippen LogP contribution is -2.41. The van der Waals surface area contributed by atoms with Gasteiger partial charge in [-0.05, 0) is 25.5 Å². The number of aromatic amines is 1. The second-order valence-corrected chi connectivity index (χ2v) is 6.87. The summed E-state index contributed by atoms with van der Waals surface area (Å²) in [6.07, 6.45) is 1.60. The fourth-order valence-corrected chi connectivity index (χ4v) is 3.33. The van der Waals surface area contributed by atoms with E-state index in [0.717, 1.165) is 24.2 Å². The number of carbonyl (C=O) groups excluding carboxylic acids is 1. The van der Waals surface area contributed by atoms with Gasteiger partial charge in [-0.3, -0.25) is 19.1 Å². The number of hydrogen-bond donors (Lipinski definition) is 2. The van der Waals surface area contributed by atoms with Gasteiger partial charge in [0.2, 0.25) is 0 Å². The van der Waals surface area contributed by atoms with Crippen molar-refractivity contribution in [3.8, 4) is 0 Å². The van der Waals surface area contributed by atoms with E-state index >= 15 is 0 Å². The molecule has 24 heavy (non-hydrogen) atoms. The van der Waals surface area contributed by atoms with Crippen LogP contribution in [0.2, 0.25) is 4.34 Å². The lowest BCUT2D eigenvalue weighted by atomic mass is 10.3. The molecule has 1 amide bonds. The normalized spacial score (nSPS) is 10.8. The van der Waals surface area contributed by atoms with Crippen LogP contribution in [0.25, 0.3) is 0 Å². The van der Waals surface area contributed by atoms with Crippen LogP contribution < -0.4 is 21.9 Å². The van der Waals surface area contributed by atoms with Gasteiger partial charge in [0.15, 0.2) is 5.69 Å². The number of carbonyl (C=O) groups is 1. The van der Waals surface area contributed by atoms with E-state index in [2.05, 4.69) is 4.98 Å². The first-order valence-corrected chi connectivity index (χ1v) is 8.79. The lowest BCUT2D eigenvalue weighted by Gasteiger charge is -2.22. The minimum absolute atomic E-state index is 0.00458. The fraction of sp³-hybridized carbons (Fsp3) is 0.400. The maximum atomic E-state index is 12.7. The van der Waals surface area contributed by atoms with E-state index in [1.807, 2.05) is 6.92 Å². The number of anilines is 2. The van der Waals surface area contributed by atoms with Crippen LogP contribution in [0.1, 0.15) is 36.4 Å². The van der Waals surface area contributed by atoms with Gasteiger partial charge in [0, 0.05) is 13.1 Å². The van der Waals surface area contributed by atoms with E-state index in [1.165, 1.54) is 9.47 Å². The highest BCUT2D eigenvalue weighted by atomic mass is 35.5. The third-order valence-corrected chi connectivity index (χ3v) is 4.78. The summed E-state index contributed by atoms with van der Waals surface area (Å²) in [5, 5.41) is 0. The SMILES string of the molecule is CCCCn1c(N)c(N(CC)C(=O)c2ccc(Cl)s2)c(=O)[nH]c1=O. The number of thiophene rings is 1. The van der Waals surface area contributed by atoms with Crippen LogP contribution in [0.4, 0.5) is 11.5 Å². The molecule has 130 valence electrons. The third kappa shape index (κ3) is 3.54. The summed E-state index contributed by atoms with van der Waals surface area (Å²) < 4.78 is 1.77. The molecular weight excluding hydrogens is 352 g/mol. The van der Waals surface area contributed by atoms with E-state index in [4.69, 9.17) is 17.3 Å². The van der Waals surface area contributed by atoms with Crippen molar-refractivity contribution in [3.63, 3.8) is 0 Å². The Balaban J connectivity index is 2.53. The van der Waals surface area contributed by atoms with Gasteiger partial charge in [-0.1, -0.05) is 24.9 Å². The van der Waals surface area contributed by atoms with Crippen molar-refractivity contribution in [1.29, 1.82) is 0 Å². The van der Waals surface area contributed by atoms with Crippen LogP contribution in [0.3, 0.4) is 0 Å². The number of amides is 1. The quantitative estimate of drug-likeness (QED) is 0.814. The van der Waals surface area contributed by atoms with Crippen molar-refractivity contribution in [2.75, 3.05) is 17.2 Å².